The van der Waals surface area contributed by atoms with Gasteiger partial charge in [0.1, 0.15) is 17.3 Å². The number of halogens is 3. The minimum Gasteiger partial charge on any atom is -0.292 e. The third-order valence-electron chi connectivity index (χ3n) is 2.42. The molecule has 2 nitrogen and oxygen atoms in total. The molecule has 0 saturated heterocycles. The molecule has 1 heterocycles. The van der Waals surface area contributed by atoms with Gasteiger partial charge in [-0.3, -0.25) is 9.78 Å². The van der Waals surface area contributed by atoms with Gasteiger partial charge in [-0.2, -0.15) is 0 Å². The fraction of sp³-hybridized carbons (Fsp3) is 0.0769. The van der Waals surface area contributed by atoms with Crippen LogP contribution in [0.25, 0.3) is 0 Å². The molecule has 5 heteroatoms. The molecule has 0 bridgehead atoms. The van der Waals surface area contributed by atoms with Crippen LogP contribution in [0.5, 0.6) is 0 Å². The molecule has 0 fully saturated rings. The van der Waals surface area contributed by atoms with Gasteiger partial charge in [0, 0.05) is 18.2 Å². The number of aromatic nitrogens is 1. The summed E-state index contributed by atoms with van der Waals surface area (Å²) in [5.74, 6) is -3.24. The van der Waals surface area contributed by atoms with Gasteiger partial charge in [-0.25, -0.2) is 13.2 Å². The highest BCUT2D eigenvalue weighted by Crippen LogP contribution is 2.15. The van der Waals surface area contributed by atoms with Crippen molar-refractivity contribution >= 4 is 5.78 Å². The number of ketones is 1. The molecule has 0 unspecified atom stereocenters. The number of Topliss-reactive ketones (excluding diaryl/α,β-unsaturated/α-hetero) is 1. The SMILES string of the molecule is O=C(Cc1c(F)cccc1F)c1ncccc1F. The molecule has 18 heavy (non-hydrogen) atoms. The minimum atomic E-state index is -0.834. The Labute approximate surface area is 101 Å². The molecule has 0 spiro atoms. The predicted molar refractivity (Wildman–Crippen MR) is 58.6 cm³/mol. The average Bonchev–Trinajstić information content (AvgIpc) is 2.34. The Bertz CT molecular complexity index is 578. The number of carbonyl (C=O) groups excluding carboxylic acids is 1. The number of pyridine rings is 1. The first-order valence-corrected chi connectivity index (χ1v) is 5.16. The van der Waals surface area contributed by atoms with Crippen molar-refractivity contribution < 1.29 is 18.0 Å². The number of hydrogen-bond donors (Lipinski definition) is 0. The van der Waals surface area contributed by atoms with Gasteiger partial charge in [0.05, 0.1) is 0 Å². The van der Waals surface area contributed by atoms with E-state index in [2.05, 4.69) is 4.98 Å². The first-order chi connectivity index (χ1) is 8.59. The summed E-state index contributed by atoms with van der Waals surface area (Å²) in [6.07, 6.45) is 0.681. The largest absolute Gasteiger partial charge is 0.292 e. The Kier molecular flexibility index (Phi) is 3.41. The second-order valence-corrected chi connectivity index (χ2v) is 3.63. The Balaban J connectivity index is 2.30. The third-order valence-corrected chi connectivity index (χ3v) is 2.42. The first kappa shape index (κ1) is 12.3. The van der Waals surface area contributed by atoms with Crippen LogP contribution in [0, 0.1) is 17.5 Å². The number of hydrogen-bond acceptors (Lipinski definition) is 2. The molecule has 0 aliphatic heterocycles. The molecule has 0 aliphatic carbocycles. The fourth-order valence-electron chi connectivity index (χ4n) is 1.54. The Morgan fingerprint density at radius 1 is 1.00 bits per heavy atom. The Morgan fingerprint density at radius 3 is 2.22 bits per heavy atom. The molecule has 0 saturated carbocycles. The molecule has 2 rings (SSSR count). The van der Waals surface area contributed by atoms with Crippen LogP contribution in [0.4, 0.5) is 13.2 Å². The van der Waals surface area contributed by atoms with E-state index in [0.29, 0.717) is 0 Å². The van der Waals surface area contributed by atoms with Crippen LogP contribution >= 0.6 is 0 Å². The summed E-state index contributed by atoms with van der Waals surface area (Å²) >= 11 is 0. The summed E-state index contributed by atoms with van der Waals surface area (Å²) in [7, 11) is 0. The zero-order chi connectivity index (χ0) is 13.1. The van der Waals surface area contributed by atoms with E-state index in [1.807, 2.05) is 0 Å². The summed E-state index contributed by atoms with van der Waals surface area (Å²) in [6, 6.07) is 5.68. The van der Waals surface area contributed by atoms with Crippen LogP contribution in [0.3, 0.4) is 0 Å². The van der Waals surface area contributed by atoms with Crippen molar-refractivity contribution in [3.05, 3.63) is 65.2 Å². The van der Waals surface area contributed by atoms with E-state index in [9.17, 15) is 18.0 Å². The second kappa shape index (κ2) is 5.00. The van der Waals surface area contributed by atoms with Crippen LogP contribution in [0.1, 0.15) is 16.1 Å². The van der Waals surface area contributed by atoms with Crippen LogP contribution < -0.4 is 0 Å². The highest BCUT2D eigenvalue weighted by atomic mass is 19.1. The summed E-state index contributed by atoms with van der Waals surface area (Å²) < 4.78 is 39.9. The standard InChI is InChI=1S/C13H8F3NO/c14-9-3-1-4-10(15)8(9)7-12(18)13-11(16)5-2-6-17-13/h1-6H,7H2. The second-order valence-electron chi connectivity index (χ2n) is 3.63. The van der Waals surface area contributed by atoms with E-state index in [-0.39, 0.29) is 5.56 Å². The summed E-state index contributed by atoms with van der Waals surface area (Å²) in [5, 5.41) is 0. The predicted octanol–water partition coefficient (Wildman–Crippen LogP) is 2.92. The van der Waals surface area contributed by atoms with Crippen molar-refractivity contribution in [1.82, 2.24) is 4.98 Å². The molecule has 0 amide bonds. The fourth-order valence-corrected chi connectivity index (χ4v) is 1.54. The van der Waals surface area contributed by atoms with E-state index < -0.39 is 35.3 Å². The zero-order valence-corrected chi connectivity index (χ0v) is 9.16. The monoisotopic (exact) mass is 251 g/mol. The average molecular weight is 251 g/mol. The lowest BCUT2D eigenvalue weighted by Crippen LogP contribution is -2.11. The molecule has 0 aliphatic rings. The lowest BCUT2D eigenvalue weighted by atomic mass is 10.1. The molecule has 1 aromatic heterocycles. The van der Waals surface area contributed by atoms with Gasteiger partial charge in [0.25, 0.3) is 0 Å². The Hall–Kier alpha value is -2.17. The van der Waals surface area contributed by atoms with Crippen molar-refractivity contribution in [2.45, 2.75) is 6.42 Å². The maximum atomic E-state index is 13.3. The third kappa shape index (κ3) is 2.40. The Morgan fingerprint density at radius 2 is 1.61 bits per heavy atom. The zero-order valence-electron chi connectivity index (χ0n) is 9.16. The van der Waals surface area contributed by atoms with Crippen molar-refractivity contribution in [1.29, 1.82) is 0 Å². The smallest absolute Gasteiger partial charge is 0.188 e. The van der Waals surface area contributed by atoms with Gasteiger partial charge in [0.15, 0.2) is 11.6 Å². The van der Waals surface area contributed by atoms with Crippen LogP contribution in [-0.4, -0.2) is 10.8 Å². The normalized spacial score (nSPS) is 10.4. The summed E-state index contributed by atoms with van der Waals surface area (Å²) in [4.78, 5) is 15.3. The number of nitrogens with zero attached hydrogens (tertiary/aromatic N) is 1. The van der Waals surface area contributed by atoms with Crippen LogP contribution in [-0.2, 0) is 6.42 Å². The van der Waals surface area contributed by atoms with Gasteiger partial charge in [-0.05, 0) is 24.3 Å². The van der Waals surface area contributed by atoms with Gasteiger partial charge in [-0.15, -0.1) is 0 Å². The van der Waals surface area contributed by atoms with E-state index in [0.717, 1.165) is 18.2 Å². The highest BCUT2D eigenvalue weighted by molar-refractivity contribution is 5.96. The number of benzene rings is 1. The molecule has 0 atom stereocenters. The van der Waals surface area contributed by atoms with E-state index >= 15 is 0 Å². The van der Waals surface area contributed by atoms with E-state index in [4.69, 9.17) is 0 Å². The van der Waals surface area contributed by atoms with Crippen molar-refractivity contribution in [2.24, 2.45) is 0 Å². The molecule has 1 aromatic carbocycles. The van der Waals surface area contributed by atoms with Crippen molar-refractivity contribution in [3.63, 3.8) is 0 Å². The molecule has 2 aromatic rings. The molecule has 0 radical (unpaired) electrons. The van der Waals surface area contributed by atoms with Crippen molar-refractivity contribution in [2.75, 3.05) is 0 Å². The minimum absolute atomic E-state index is 0.382. The molecular formula is C13H8F3NO. The summed E-state index contributed by atoms with van der Waals surface area (Å²) in [5.41, 5.74) is -0.798. The van der Waals surface area contributed by atoms with Crippen molar-refractivity contribution in [3.8, 4) is 0 Å². The van der Waals surface area contributed by atoms with Gasteiger partial charge >= 0.3 is 0 Å². The van der Waals surface area contributed by atoms with E-state index in [1.54, 1.807) is 0 Å². The molecule has 92 valence electrons. The van der Waals surface area contributed by atoms with Gasteiger partial charge in [0.2, 0.25) is 0 Å². The van der Waals surface area contributed by atoms with Gasteiger partial charge in [-0.1, -0.05) is 6.07 Å². The maximum Gasteiger partial charge on any atom is 0.188 e. The van der Waals surface area contributed by atoms with E-state index in [1.165, 1.54) is 18.3 Å². The number of carbonyl (C=O) groups is 1. The number of rotatable bonds is 3. The van der Waals surface area contributed by atoms with Crippen LogP contribution in [0.2, 0.25) is 0 Å². The van der Waals surface area contributed by atoms with Crippen LogP contribution in [0.15, 0.2) is 36.5 Å². The molecule has 0 N–H and O–H groups in total. The highest BCUT2D eigenvalue weighted by Gasteiger charge is 2.17. The molecular weight excluding hydrogens is 243 g/mol. The maximum absolute atomic E-state index is 13.3. The lowest BCUT2D eigenvalue weighted by molar-refractivity contribution is 0.0981. The summed E-state index contributed by atoms with van der Waals surface area (Å²) in [6.45, 7) is 0. The van der Waals surface area contributed by atoms with Gasteiger partial charge < -0.3 is 0 Å². The quantitative estimate of drug-likeness (QED) is 0.785. The lowest BCUT2D eigenvalue weighted by Gasteiger charge is -2.04. The first-order valence-electron chi connectivity index (χ1n) is 5.16. The topological polar surface area (TPSA) is 30.0 Å².